The van der Waals surface area contributed by atoms with Gasteiger partial charge in [0.05, 0.1) is 12.1 Å². The van der Waals surface area contributed by atoms with Gasteiger partial charge in [-0.15, -0.1) is 11.3 Å². The minimum atomic E-state index is -4.38. The van der Waals surface area contributed by atoms with E-state index in [0.717, 1.165) is 16.9 Å². The molecule has 0 aromatic carbocycles. The van der Waals surface area contributed by atoms with Crippen molar-refractivity contribution in [3.05, 3.63) is 38.1 Å². The number of alkyl halides is 3. The van der Waals surface area contributed by atoms with Gasteiger partial charge in [-0.2, -0.15) is 18.2 Å². The number of aromatic nitrogens is 3. The molecule has 0 aliphatic carbocycles. The lowest BCUT2D eigenvalue weighted by atomic mass is 10.2. The molecule has 3 aromatic heterocycles. The van der Waals surface area contributed by atoms with Gasteiger partial charge < -0.3 is 15.6 Å². The molecular formula is C16H17BrF3N5S. The molecule has 0 aliphatic heterocycles. The van der Waals surface area contributed by atoms with Crippen molar-refractivity contribution in [1.29, 1.82) is 0 Å². The molecule has 0 atom stereocenters. The molecule has 3 rings (SSSR count). The lowest BCUT2D eigenvalue weighted by Gasteiger charge is -2.21. The molecular weight excluding hydrogens is 431 g/mol. The molecule has 0 bridgehead atoms. The van der Waals surface area contributed by atoms with Crippen molar-refractivity contribution in [3.63, 3.8) is 0 Å². The number of hydrogen-bond acceptors (Lipinski definition) is 5. The molecule has 26 heavy (non-hydrogen) atoms. The second-order valence-corrected chi connectivity index (χ2v) is 7.69. The minimum absolute atomic E-state index is 0.107. The first-order valence-electron chi connectivity index (χ1n) is 7.92. The van der Waals surface area contributed by atoms with E-state index in [-0.39, 0.29) is 4.47 Å². The Hall–Kier alpha value is -1.65. The maximum absolute atomic E-state index is 13.2. The van der Waals surface area contributed by atoms with Gasteiger partial charge in [0.25, 0.3) is 0 Å². The van der Waals surface area contributed by atoms with E-state index in [9.17, 15) is 13.2 Å². The van der Waals surface area contributed by atoms with Gasteiger partial charge in [0.2, 0.25) is 5.95 Å². The molecule has 0 saturated heterocycles. The van der Waals surface area contributed by atoms with Crippen LogP contribution in [0.5, 0.6) is 0 Å². The topological polar surface area (TPSA) is 70.8 Å². The molecule has 10 heteroatoms. The predicted molar refractivity (Wildman–Crippen MR) is 100 cm³/mol. The number of aromatic amines is 1. The van der Waals surface area contributed by atoms with E-state index >= 15 is 0 Å². The van der Waals surface area contributed by atoms with Crippen LogP contribution in [-0.2, 0) is 12.7 Å². The van der Waals surface area contributed by atoms with Crippen molar-refractivity contribution in [2.24, 2.45) is 5.73 Å². The van der Waals surface area contributed by atoms with Gasteiger partial charge in [-0.25, -0.2) is 4.98 Å². The summed E-state index contributed by atoms with van der Waals surface area (Å²) < 4.78 is 39.6. The summed E-state index contributed by atoms with van der Waals surface area (Å²) in [6.45, 7) is 3.06. The molecule has 0 radical (unpaired) electrons. The highest BCUT2D eigenvalue weighted by Gasteiger charge is 2.37. The Morgan fingerprint density at radius 1 is 1.38 bits per heavy atom. The van der Waals surface area contributed by atoms with E-state index in [4.69, 9.17) is 5.73 Å². The van der Waals surface area contributed by atoms with Crippen molar-refractivity contribution in [2.75, 3.05) is 18.0 Å². The third kappa shape index (κ3) is 3.86. The van der Waals surface area contributed by atoms with Crippen molar-refractivity contribution in [2.45, 2.75) is 26.1 Å². The number of thiophene rings is 1. The van der Waals surface area contributed by atoms with Gasteiger partial charge in [0.1, 0.15) is 4.88 Å². The first kappa shape index (κ1) is 19.1. The standard InChI is InChI=1S/C16H17BrF3N5S/c1-9-11(26-13(12(9)17)16(18,19)20)8-25(7-3-5-21)15-23-10-4-2-6-22-14(10)24-15/h2,4,6H,3,5,7-8,21H2,1H3,(H,22,23,24). The third-order valence-corrected chi connectivity index (χ3v) is 6.52. The molecule has 5 nitrogen and oxygen atoms in total. The number of imidazole rings is 1. The maximum atomic E-state index is 13.2. The van der Waals surface area contributed by atoms with E-state index in [0.29, 0.717) is 48.1 Å². The molecule has 140 valence electrons. The van der Waals surface area contributed by atoms with Crippen LogP contribution < -0.4 is 10.6 Å². The maximum Gasteiger partial charge on any atom is 0.426 e. The number of nitrogens with two attached hydrogens (primary N) is 1. The van der Waals surface area contributed by atoms with E-state index in [1.165, 1.54) is 0 Å². The number of hydrogen-bond donors (Lipinski definition) is 2. The van der Waals surface area contributed by atoms with Crippen molar-refractivity contribution in [1.82, 2.24) is 15.0 Å². The lowest BCUT2D eigenvalue weighted by molar-refractivity contribution is -0.134. The number of H-pyrrole nitrogens is 1. The second-order valence-electron chi connectivity index (χ2n) is 5.79. The fourth-order valence-electron chi connectivity index (χ4n) is 2.57. The van der Waals surface area contributed by atoms with E-state index in [1.54, 1.807) is 19.2 Å². The molecule has 0 unspecified atom stereocenters. The number of pyridine rings is 1. The van der Waals surface area contributed by atoms with E-state index in [1.807, 2.05) is 11.0 Å². The van der Waals surface area contributed by atoms with Crippen LogP contribution in [0.25, 0.3) is 11.2 Å². The number of anilines is 1. The highest BCUT2D eigenvalue weighted by molar-refractivity contribution is 9.10. The molecule has 3 aromatic rings. The van der Waals surface area contributed by atoms with Gasteiger partial charge in [-0.3, -0.25) is 0 Å². The van der Waals surface area contributed by atoms with Crippen LogP contribution in [-0.4, -0.2) is 28.0 Å². The summed E-state index contributed by atoms with van der Waals surface area (Å²) in [7, 11) is 0. The zero-order valence-electron chi connectivity index (χ0n) is 13.9. The van der Waals surface area contributed by atoms with Crippen LogP contribution in [0.3, 0.4) is 0 Å². The number of nitrogens with one attached hydrogen (secondary N) is 1. The summed E-state index contributed by atoms with van der Waals surface area (Å²) in [5, 5.41) is 0. The Morgan fingerprint density at radius 2 is 2.15 bits per heavy atom. The SMILES string of the molecule is Cc1c(CN(CCCN)c2nc3ncccc3[nH]2)sc(C(F)(F)F)c1Br. The zero-order chi connectivity index (χ0) is 18.9. The first-order valence-corrected chi connectivity index (χ1v) is 9.53. The summed E-state index contributed by atoms with van der Waals surface area (Å²) in [4.78, 5) is 13.8. The van der Waals surface area contributed by atoms with E-state index in [2.05, 4.69) is 30.9 Å². The lowest BCUT2D eigenvalue weighted by Crippen LogP contribution is -2.26. The smallest absolute Gasteiger partial charge is 0.337 e. The van der Waals surface area contributed by atoms with Gasteiger partial charge in [-0.05, 0) is 53.5 Å². The van der Waals surface area contributed by atoms with E-state index < -0.39 is 11.1 Å². The molecule has 3 heterocycles. The van der Waals surface area contributed by atoms with Crippen LogP contribution >= 0.6 is 27.3 Å². The summed E-state index contributed by atoms with van der Waals surface area (Å²) in [5.41, 5.74) is 7.56. The fourth-order valence-corrected chi connectivity index (χ4v) is 4.49. The highest BCUT2D eigenvalue weighted by atomic mass is 79.9. The summed E-state index contributed by atoms with van der Waals surface area (Å²) in [5.74, 6) is 0.574. The molecule has 0 fully saturated rings. The van der Waals surface area contributed by atoms with Crippen LogP contribution in [0, 0.1) is 6.92 Å². The van der Waals surface area contributed by atoms with Gasteiger partial charge in [0.15, 0.2) is 5.65 Å². The Labute approximate surface area is 160 Å². The molecule has 0 saturated carbocycles. The summed E-state index contributed by atoms with van der Waals surface area (Å²) >= 11 is 3.84. The monoisotopic (exact) mass is 447 g/mol. The van der Waals surface area contributed by atoms with Crippen molar-refractivity contribution < 1.29 is 13.2 Å². The van der Waals surface area contributed by atoms with Gasteiger partial charge in [0, 0.05) is 22.1 Å². The van der Waals surface area contributed by atoms with Crippen molar-refractivity contribution in [3.8, 4) is 0 Å². The molecule has 0 aliphatic rings. The quantitative estimate of drug-likeness (QED) is 0.584. The largest absolute Gasteiger partial charge is 0.426 e. The third-order valence-electron chi connectivity index (χ3n) is 3.94. The summed E-state index contributed by atoms with van der Waals surface area (Å²) in [6, 6.07) is 3.65. The highest BCUT2D eigenvalue weighted by Crippen LogP contribution is 2.43. The fraction of sp³-hybridized carbons (Fsp3) is 0.375. The predicted octanol–water partition coefficient (Wildman–Crippen LogP) is 4.46. The Bertz CT molecular complexity index is 872. The normalized spacial score (nSPS) is 12.1. The van der Waals surface area contributed by atoms with Gasteiger partial charge in [-0.1, -0.05) is 0 Å². The van der Waals surface area contributed by atoms with Crippen LogP contribution in [0.1, 0.15) is 21.7 Å². The molecule has 0 amide bonds. The molecule has 3 N–H and O–H groups in total. The molecule has 0 spiro atoms. The van der Waals surface area contributed by atoms with Crippen LogP contribution in [0.15, 0.2) is 22.8 Å². The summed E-state index contributed by atoms with van der Waals surface area (Å²) in [6.07, 6.45) is -2.03. The number of fused-ring (bicyclic) bond motifs is 1. The average molecular weight is 448 g/mol. The average Bonchev–Trinajstić information content (AvgIpc) is 3.14. The van der Waals surface area contributed by atoms with Gasteiger partial charge >= 0.3 is 6.18 Å². The zero-order valence-corrected chi connectivity index (χ0v) is 16.3. The van der Waals surface area contributed by atoms with Crippen LogP contribution in [0.2, 0.25) is 0 Å². The number of rotatable bonds is 6. The number of halogens is 4. The van der Waals surface area contributed by atoms with Crippen molar-refractivity contribution >= 4 is 44.4 Å². The Balaban J connectivity index is 1.94. The Kier molecular flexibility index (Phi) is 5.54. The number of nitrogens with zero attached hydrogens (tertiary/aromatic N) is 3. The Morgan fingerprint density at radius 3 is 2.77 bits per heavy atom. The van der Waals surface area contributed by atoms with Crippen LogP contribution in [0.4, 0.5) is 19.1 Å². The first-order chi connectivity index (χ1) is 12.3. The minimum Gasteiger partial charge on any atom is -0.337 e. The second kappa shape index (κ2) is 7.53.